The van der Waals surface area contributed by atoms with Gasteiger partial charge in [0.15, 0.2) is 0 Å². The molecule has 1 aromatic heterocycles. The van der Waals surface area contributed by atoms with E-state index in [1.165, 1.54) is 6.07 Å². The number of esters is 1. The van der Waals surface area contributed by atoms with Crippen LogP contribution < -0.4 is 5.14 Å². The molecule has 0 bridgehead atoms. The monoisotopic (exact) mass is 305 g/mol. The Morgan fingerprint density at radius 1 is 1.32 bits per heavy atom. The van der Waals surface area contributed by atoms with Gasteiger partial charge in [-0.3, -0.25) is 4.79 Å². The van der Waals surface area contributed by atoms with Crippen molar-refractivity contribution in [3.05, 3.63) is 17.0 Å². The zero-order valence-electron chi connectivity index (χ0n) is 10.9. The van der Waals surface area contributed by atoms with Gasteiger partial charge in [-0.15, -0.1) is 11.3 Å². The summed E-state index contributed by atoms with van der Waals surface area (Å²) in [7, 11) is -3.68. The van der Waals surface area contributed by atoms with Crippen LogP contribution in [0, 0.1) is 0 Å². The third-order valence-corrected chi connectivity index (χ3v) is 5.02. The number of nitrogens with two attached hydrogens (primary N) is 1. The van der Waals surface area contributed by atoms with Gasteiger partial charge in [0, 0.05) is 4.88 Å². The number of ether oxygens (including phenoxy) is 1. The van der Waals surface area contributed by atoms with E-state index in [0.29, 0.717) is 11.5 Å². The third-order valence-electron chi connectivity index (χ3n) is 2.50. The van der Waals surface area contributed by atoms with E-state index in [9.17, 15) is 13.2 Å². The standard InChI is InChI=1S/C12H19NO4S2/c1-2-3-4-5-8-17-11(14)9-10-6-7-12(18-10)19(13,15)16/h6-7H,2-5,8-9H2,1H3,(H2,13,15,16). The summed E-state index contributed by atoms with van der Waals surface area (Å²) in [5.41, 5.74) is 0. The van der Waals surface area contributed by atoms with E-state index in [0.717, 1.165) is 37.0 Å². The number of sulfonamides is 1. The van der Waals surface area contributed by atoms with Gasteiger partial charge in [-0.2, -0.15) is 0 Å². The van der Waals surface area contributed by atoms with E-state index in [2.05, 4.69) is 6.92 Å². The minimum atomic E-state index is -3.68. The molecule has 0 unspecified atom stereocenters. The highest BCUT2D eigenvalue weighted by Crippen LogP contribution is 2.20. The Hall–Kier alpha value is -0.920. The molecule has 0 amide bonds. The fraction of sp³-hybridized carbons (Fsp3) is 0.583. The lowest BCUT2D eigenvalue weighted by atomic mass is 10.2. The maximum atomic E-state index is 11.5. The first-order valence-corrected chi connectivity index (χ1v) is 8.57. The van der Waals surface area contributed by atoms with Gasteiger partial charge in [-0.25, -0.2) is 13.6 Å². The molecule has 0 spiro atoms. The number of hydrogen-bond donors (Lipinski definition) is 1. The second-order valence-corrected chi connectivity index (χ2v) is 7.18. The quantitative estimate of drug-likeness (QED) is 0.588. The van der Waals surface area contributed by atoms with Gasteiger partial charge in [0.1, 0.15) is 4.21 Å². The normalized spacial score (nSPS) is 11.5. The number of rotatable bonds is 8. The van der Waals surface area contributed by atoms with Crippen molar-refractivity contribution >= 4 is 27.3 Å². The molecule has 1 aromatic rings. The van der Waals surface area contributed by atoms with E-state index in [4.69, 9.17) is 9.88 Å². The fourth-order valence-electron chi connectivity index (χ4n) is 1.51. The Kier molecular flexibility index (Phi) is 6.47. The van der Waals surface area contributed by atoms with Crippen molar-refractivity contribution in [2.75, 3.05) is 6.61 Å². The molecule has 0 fully saturated rings. The van der Waals surface area contributed by atoms with Crippen LogP contribution in [0.4, 0.5) is 0 Å². The summed E-state index contributed by atoms with van der Waals surface area (Å²) in [6.07, 6.45) is 4.29. The summed E-state index contributed by atoms with van der Waals surface area (Å²) in [6, 6.07) is 2.99. The highest BCUT2D eigenvalue weighted by atomic mass is 32.2. The lowest BCUT2D eigenvalue weighted by molar-refractivity contribution is -0.142. The average Bonchev–Trinajstić information content (AvgIpc) is 2.77. The molecule has 2 N–H and O–H groups in total. The van der Waals surface area contributed by atoms with Crippen LogP contribution in [-0.2, 0) is 26.0 Å². The molecule has 0 saturated carbocycles. The molecule has 1 heterocycles. The van der Waals surface area contributed by atoms with Crippen LogP contribution >= 0.6 is 11.3 Å². The Bertz CT molecular complexity index is 508. The summed E-state index contributed by atoms with van der Waals surface area (Å²) in [4.78, 5) is 12.1. The summed E-state index contributed by atoms with van der Waals surface area (Å²) >= 11 is 1.00. The Labute approximate surface area is 117 Å². The molecule has 7 heteroatoms. The predicted molar refractivity (Wildman–Crippen MR) is 74.5 cm³/mol. The van der Waals surface area contributed by atoms with Gasteiger partial charge in [0.25, 0.3) is 0 Å². The van der Waals surface area contributed by atoms with Crippen LogP contribution in [0.1, 0.15) is 37.5 Å². The van der Waals surface area contributed by atoms with Crippen molar-refractivity contribution in [3.8, 4) is 0 Å². The zero-order chi connectivity index (χ0) is 14.3. The van der Waals surface area contributed by atoms with Crippen molar-refractivity contribution < 1.29 is 17.9 Å². The molecule has 0 aliphatic heterocycles. The molecule has 0 aliphatic rings. The molecule has 0 atom stereocenters. The predicted octanol–water partition coefficient (Wildman–Crippen LogP) is 2.06. The van der Waals surface area contributed by atoms with E-state index >= 15 is 0 Å². The third kappa shape index (κ3) is 6.17. The molecule has 19 heavy (non-hydrogen) atoms. The van der Waals surface area contributed by atoms with Crippen molar-refractivity contribution in [1.29, 1.82) is 0 Å². The lowest BCUT2D eigenvalue weighted by Crippen LogP contribution is -2.10. The molecule has 0 saturated heterocycles. The van der Waals surface area contributed by atoms with E-state index in [-0.39, 0.29) is 16.6 Å². The lowest BCUT2D eigenvalue weighted by Gasteiger charge is -2.03. The van der Waals surface area contributed by atoms with Crippen molar-refractivity contribution in [3.63, 3.8) is 0 Å². The number of primary sulfonamides is 1. The average molecular weight is 305 g/mol. The van der Waals surface area contributed by atoms with Crippen LogP contribution in [0.25, 0.3) is 0 Å². The fourth-order valence-corrected chi connectivity index (χ4v) is 3.28. The van der Waals surface area contributed by atoms with E-state index < -0.39 is 10.0 Å². The molecule has 108 valence electrons. The molecule has 5 nitrogen and oxygen atoms in total. The van der Waals surface area contributed by atoms with Crippen LogP contribution in [0.5, 0.6) is 0 Å². The number of thiophene rings is 1. The van der Waals surface area contributed by atoms with Gasteiger partial charge in [0.2, 0.25) is 10.0 Å². The van der Waals surface area contributed by atoms with Gasteiger partial charge < -0.3 is 4.74 Å². The minimum absolute atomic E-state index is 0.0678. The van der Waals surface area contributed by atoms with Gasteiger partial charge >= 0.3 is 5.97 Å². The van der Waals surface area contributed by atoms with Crippen molar-refractivity contribution in [2.24, 2.45) is 5.14 Å². The summed E-state index contributed by atoms with van der Waals surface area (Å²) in [5, 5.41) is 4.99. The Morgan fingerprint density at radius 3 is 2.63 bits per heavy atom. The Morgan fingerprint density at radius 2 is 2.05 bits per heavy atom. The van der Waals surface area contributed by atoms with Crippen LogP contribution in [0.15, 0.2) is 16.3 Å². The number of carbonyl (C=O) groups is 1. The summed E-state index contributed by atoms with van der Waals surface area (Å²) in [6.45, 7) is 2.54. The number of unbranched alkanes of at least 4 members (excludes halogenated alkanes) is 3. The second-order valence-electron chi connectivity index (χ2n) is 4.22. The molecule has 0 radical (unpaired) electrons. The smallest absolute Gasteiger partial charge is 0.311 e. The maximum absolute atomic E-state index is 11.5. The van der Waals surface area contributed by atoms with Crippen LogP contribution in [0.3, 0.4) is 0 Å². The van der Waals surface area contributed by atoms with Crippen molar-refractivity contribution in [1.82, 2.24) is 0 Å². The second kappa shape index (κ2) is 7.62. The maximum Gasteiger partial charge on any atom is 0.311 e. The SMILES string of the molecule is CCCCCCOC(=O)Cc1ccc(S(N)(=O)=O)s1. The molecule has 0 aliphatic carbocycles. The number of hydrogen-bond acceptors (Lipinski definition) is 5. The van der Waals surface area contributed by atoms with Gasteiger partial charge in [0.05, 0.1) is 13.0 Å². The first-order chi connectivity index (χ1) is 8.93. The zero-order valence-corrected chi connectivity index (χ0v) is 12.6. The highest BCUT2D eigenvalue weighted by Gasteiger charge is 2.13. The summed E-state index contributed by atoms with van der Waals surface area (Å²) in [5.74, 6) is -0.334. The van der Waals surface area contributed by atoms with Gasteiger partial charge in [-0.05, 0) is 18.6 Å². The molecule has 1 rings (SSSR count). The molecular formula is C12H19NO4S2. The first kappa shape index (κ1) is 16.1. The first-order valence-electron chi connectivity index (χ1n) is 6.20. The topological polar surface area (TPSA) is 86.5 Å². The summed E-state index contributed by atoms with van der Waals surface area (Å²) < 4.78 is 27.3. The van der Waals surface area contributed by atoms with E-state index in [1.807, 2.05) is 0 Å². The Balaban J connectivity index is 2.35. The minimum Gasteiger partial charge on any atom is -0.465 e. The van der Waals surface area contributed by atoms with Crippen LogP contribution in [-0.4, -0.2) is 21.0 Å². The van der Waals surface area contributed by atoms with Crippen molar-refractivity contribution in [2.45, 2.75) is 43.2 Å². The molecular weight excluding hydrogens is 286 g/mol. The number of carbonyl (C=O) groups excluding carboxylic acids is 1. The molecule has 0 aromatic carbocycles. The largest absolute Gasteiger partial charge is 0.465 e. The highest BCUT2D eigenvalue weighted by molar-refractivity contribution is 7.91. The van der Waals surface area contributed by atoms with Gasteiger partial charge in [-0.1, -0.05) is 26.2 Å². The van der Waals surface area contributed by atoms with E-state index in [1.54, 1.807) is 6.07 Å². The van der Waals surface area contributed by atoms with Crippen LogP contribution in [0.2, 0.25) is 0 Å².